The van der Waals surface area contributed by atoms with Gasteiger partial charge >= 0.3 is 0 Å². The van der Waals surface area contributed by atoms with Crippen LogP contribution in [-0.4, -0.2) is 25.2 Å². The van der Waals surface area contributed by atoms with E-state index in [0.29, 0.717) is 6.61 Å². The Labute approximate surface area is 139 Å². The van der Waals surface area contributed by atoms with Crippen molar-refractivity contribution in [1.29, 1.82) is 0 Å². The molecule has 1 N–H and O–H groups in total. The first-order valence-electron chi connectivity index (χ1n) is 7.46. The molecule has 1 amide bonds. The molecule has 4 nitrogen and oxygen atoms in total. The molecule has 1 aromatic heterocycles. The molecule has 0 radical (unpaired) electrons. The third-order valence-corrected chi connectivity index (χ3v) is 4.62. The number of hydrogen-bond donors (Lipinski definition) is 1. The van der Waals surface area contributed by atoms with Gasteiger partial charge < -0.3 is 10.1 Å². The molecule has 0 bridgehead atoms. The maximum atomic E-state index is 11.3. The van der Waals surface area contributed by atoms with Crippen molar-refractivity contribution in [3.05, 3.63) is 52.5 Å². The van der Waals surface area contributed by atoms with Gasteiger partial charge in [-0.2, -0.15) is 0 Å². The molecule has 0 fully saturated rings. The molecule has 0 aliphatic heterocycles. The number of anilines is 1. The first kappa shape index (κ1) is 15.6. The van der Waals surface area contributed by atoms with Gasteiger partial charge in [0.15, 0.2) is 5.81 Å². The normalized spacial score (nSPS) is 10.7. The molecular weight excluding hydrogens is 307 g/mol. The highest BCUT2D eigenvalue weighted by Gasteiger charge is 2.08. The van der Waals surface area contributed by atoms with Gasteiger partial charge in [0.1, 0.15) is 5.75 Å². The zero-order chi connectivity index (χ0) is 16.2. The fraction of sp³-hybridized carbons (Fsp3) is 0.176. The second kappa shape index (κ2) is 6.83. The van der Waals surface area contributed by atoms with Gasteiger partial charge in [-0.15, -0.1) is 11.3 Å². The highest BCUT2D eigenvalue weighted by atomic mass is 32.1. The molecule has 2 aromatic carbocycles. The fourth-order valence-corrected chi connectivity index (χ4v) is 3.28. The number of nitrogens with one attached hydrogen (secondary N) is 1. The number of hydrogen-bond acceptors (Lipinski definition) is 4. The lowest BCUT2D eigenvalue weighted by Crippen LogP contribution is -2.09. The van der Waals surface area contributed by atoms with Crippen molar-refractivity contribution in [2.75, 3.05) is 11.9 Å². The van der Waals surface area contributed by atoms with E-state index in [-0.39, 0.29) is 5.81 Å². The third-order valence-electron chi connectivity index (χ3n) is 3.63. The monoisotopic (exact) mass is 324 g/mol. The summed E-state index contributed by atoms with van der Waals surface area (Å²) in [5.41, 5.74) is 3.74. The number of thiazole rings is 1. The number of amides is 1. The molecule has 0 spiro atoms. The van der Waals surface area contributed by atoms with E-state index in [1.165, 1.54) is 12.7 Å². The summed E-state index contributed by atoms with van der Waals surface area (Å²) in [6.07, 6.45) is 0.846. The fourth-order valence-electron chi connectivity index (χ4n) is 2.52. The van der Waals surface area contributed by atoms with Crippen LogP contribution in [0.2, 0.25) is 0 Å². The molecule has 6 heteroatoms. The molecule has 116 valence electrons. The maximum absolute atomic E-state index is 11.3. The Morgan fingerprint density at radius 3 is 2.74 bits per heavy atom. The number of fused-ring (bicyclic) bond motifs is 1. The maximum Gasteiger partial charge on any atom is 0.216 e. The van der Waals surface area contributed by atoms with Crippen molar-refractivity contribution in [1.82, 2.24) is 4.98 Å². The summed E-state index contributed by atoms with van der Waals surface area (Å²) in [5, 5.41) is 4.84. The summed E-state index contributed by atoms with van der Waals surface area (Å²) >= 11 is 1.66. The minimum Gasteiger partial charge on any atom is -0.493 e. The topological polar surface area (TPSA) is 51.2 Å². The van der Waals surface area contributed by atoms with Crippen LogP contribution in [0.15, 0.2) is 41.9 Å². The number of carbonyl (C=O) groups is 1. The molecule has 1 heterocycles. The van der Waals surface area contributed by atoms with Gasteiger partial charge in [-0.1, -0.05) is 24.3 Å². The van der Waals surface area contributed by atoms with E-state index in [2.05, 4.69) is 10.3 Å². The van der Waals surface area contributed by atoms with E-state index in [1.54, 1.807) is 11.3 Å². The minimum atomic E-state index is -0.0792. The quantitative estimate of drug-likeness (QED) is 0.732. The number of aryl methyl sites for hydroxylation is 1. The molecule has 3 rings (SSSR count). The SMILES string of the molecule is BC(=O)Nc1ccc(OCCc2scnc2C)c2ccccc12. The van der Waals surface area contributed by atoms with Crippen LogP contribution in [0.25, 0.3) is 10.8 Å². The van der Waals surface area contributed by atoms with Crippen molar-refractivity contribution < 1.29 is 9.53 Å². The Balaban J connectivity index is 1.81. The largest absolute Gasteiger partial charge is 0.493 e. The Kier molecular flexibility index (Phi) is 4.62. The highest BCUT2D eigenvalue weighted by Crippen LogP contribution is 2.31. The van der Waals surface area contributed by atoms with E-state index >= 15 is 0 Å². The summed E-state index contributed by atoms with van der Waals surface area (Å²) < 4.78 is 5.97. The van der Waals surface area contributed by atoms with Crippen LogP contribution in [0.4, 0.5) is 10.5 Å². The van der Waals surface area contributed by atoms with Gasteiger partial charge in [0, 0.05) is 27.8 Å². The summed E-state index contributed by atoms with van der Waals surface area (Å²) in [4.78, 5) is 16.8. The van der Waals surface area contributed by atoms with Crippen molar-refractivity contribution in [2.45, 2.75) is 13.3 Å². The lowest BCUT2D eigenvalue weighted by atomic mass is 10.1. The molecule has 3 aromatic rings. The number of ether oxygens (including phenoxy) is 1. The van der Waals surface area contributed by atoms with Crippen LogP contribution in [0, 0.1) is 6.92 Å². The van der Waals surface area contributed by atoms with E-state index < -0.39 is 0 Å². The van der Waals surface area contributed by atoms with Crippen LogP contribution in [0.3, 0.4) is 0 Å². The molecule has 0 aliphatic rings. The zero-order valence-corrected chi connectivity index (χ0v) is 13.9. The third kappa shape index (κ3) is 3.53. The summed E-state index contributed by atoms with van der Waals surface area (Å²) in [5.74, 6) is 0.751. The van der Waals surface area contributed by atoms with Gasteiger partial charge in [0.2, 0.25) is 7.85 Å². The zero-order valence-electron chi connectivity index (χ0n) is 13.1. The smallest absolute Gasteiger partial charge is 0.216 e. The lowest BCUT2D eigenvalue weighted by Gasteiger charge is -2.13. The van der Waals surface area contributed by atoms with E-state index in [9.17, 15) is 4.79 Å². The number of carbonyl (C=O) groups excluding carboxylic acids is 1. The van der Waals surface area contributed by atoms with Gasteiger partial charge in [0.05, 0.1) is 17.8 Å². The molecule has 0 saturated heterocycles. The Hall–Kier alpha value is -2.34. The predicted molar refractivity (Wildman–Crippen MR) is 97.6 cm³/mol. The summed E-state index contributed by atoms with van der Waals surface area (Å²) in [6, 6.07) is 11.7. The van der Waals surface area contributed by atoms with Gasteiger partial charge in [-0.3, -0.25) is 4.79 Å². The second-order valence-corrected chi connectivity index (χ2v) is 6.24. The van der Waals surface area contributed by atoms with Gasteiger partial charge in [0.25, 0.3) is 0 Å². The van der Waals surface area contributed by atoms with E-state index in [0.717, 1.165) is 34.3 Å². The summed E-state index contributed by atoms with van der Waals surface area (Å²) in [6.45, 7) is 2.62. The average Bonchev–Trinajstić information content (AvgIpc) is 2.94. The molecular formula is C17H17BN2O2S. The van der Waals surface area contributed by atoms with Crippen molar-refractivity contribution in [3.8, 4) is 5.75 Å². The van der Waals surface area contributed by atoms with Crippen LogP contribution in [-0.2, 0) is 6.42 Å². The Morgan fingerprint density at radius 2 is 2.04 bits per heavy atom. The first-order chi connectivity index (χ1) is 11.1. The van der Waals surface area contributed by atoms with Crippen molar-refractivity contribution >= 4 is 41.4 Å². The van der Waals surface area contributed by atoms with Gasteiger partial charge in [-0.25, -0.2) is 4.98 Å². The molecule has 0 saturated carbocycles. The van der Waals surface area contributed by atoms with Crippen molar-refractivity contribution in [3.63, 3.8) is 0 Å². The Bertz CT molecular complexity index is 847. The van der Waals surface area contributed by atoms with Crippen molar-refractivity contribution in [2.24, 2.45) is 0 Å². The molecule has 0 aliphatic carbocycles. The number of aromatic nitrogens is 1. The van der Waals surface area contributed by atoms with Crippen LogP contribution in [0.5, 0.6) is 5.75 Å². The first-order valence-corrected chi connectivity index (χ1v) is 8.34. The standard InChI is InChI=1S/C17H17BN2O2S/c1-11-16(23-10-19-11)8-9-22-15-7-6-14(20-17(18)21)12-4-2-3-5-13(12)15/h2-7,10H,8-9,18H2,1H3,(H,20,21). The number of nitrogens with zero attached hydrogens (tertiary/aromatic N) is 1. The second-order valence-electron chi connectivity index (χ2n) is 5.30. The molecule has 23 heavy (non-hydrogen) atoms. The Morgan fingerprint density at radius 1 is 1.26 bits per heavy atom. The lowest BCUT2D eigenvalue weighted by molar-refractivity contribution is 0.269. The average molecular weight is 324 g/mol. The van der Waals surface area contributed by atoms with Crippen LogP contribution >= 0.6 is 11.3 Å². The minimum absolute atomic E-state index is 0.0792. The predicted octanol–water partition coefficient (Wildman–Crippen LogP) is 3.39. The summed E-state index contributed by atoms with van der Waals surface area (Å²) in [7, 11) is 1.51. The van der Waals surface area contributed by atoms with Crippen LogP contribution in [0.1, 0.15) is 10.6 Å². The number of rotatable bonds is 5. The van der Waals surface area contributed by atoms with E-state index in [1.807, 2.05) is 48.8 Å². The highest BCUT2D eigenvalue weighted by molar-refractivity contribution is 7.09. The van der Waals surface area contributed by atoms with Gasteiger partial charge in [-0.05, 0) is 19.1 Å². The molecule has 0 unspecified atom stereocenters. The number of benzene rings is 2. The molecule has 0 atom stereocenters. The van der Waals surface area contributed by atoms with Crippen LogP contribution < -0.4 is 10.1 Å². The van der Waals surface area contributed by atoms with E-state index in [4.69, 9.17) is 4.74 Å².